The molecule has 0 fully saturated rings. The molecule has 0 unspecified atom stereocenters. The van der Waals surface area contributed by atoms with Gasteiger partial charge < -0.3 is 15.7 Å². The second-order valence-electron chi connectivity index (χ2n) is 4.60. The van der Waals surface area contributed by atoms with Crippen LogP contribution in [-0.2, 0) is 0 Å². The van der Waals surface area contributed by atoms with Crippen molar-refractivity contribution in [2.45, 2.75) is 13.8 Å². The molecule has 3 N–H and O–H groups in total. The lowest BCUT2D eigenvalue weighted by atomic mass is 10.1. The second-order valence-corrected chi connectivity index (χ2v) is 4.60. The third-order valence-corrected chi connectivity index (χ3v) is 2.90. The summed E-state index contributed by atoms with van der Waals surface area (Å²) in [4.78, 5) is 26.9. The van der Waals surface area contributed by atoms with Crippen molar-refractivity contribution in [2.24, 2.45) is 0 Å². The van der Waals surface area contributed by atoms with Gasteiger partial charge in [-0.1, -0.05) is 6.07 Å². The maximum atomic E-state index is 11.9. The standard InChI is InChI=1S/C15H15N3O3/c1-9-3-5-11(14(19)20)7-13(9)18-15(21)17-12-6-4-10(2)16-8-12/h3-8H,1-2H3,(H,19,20)(H2,17,18,21). The summed E-state index contributed by atoms with van der Waals surface area (Å²) >= 11 is 0. The third kappa shape index (κ3) is 3.79. The molecule has 2 rings (SSSR count). The van der Waals surface area contributed by atoms with Crippen molar-refractivity contribution in [2.75, 3.05) is 10.6 Å². The monoisotopic (exact) mass is 285 g/mol. The molecule has 1 aromatic heterocycles. The largest absolute Gasteiger partial charge is 0.478 e. The Hall–Kier alpha value is -2.89. The fourth-order valence-corrected chi connectivity index (χ4v) is 1.72. The number of amides is 2. The first-order chi connectivity index (χ1) is 9.95. The van der Waals surface area contributed by atoms with Crippen LogP contribution in [0.2, 0.25) is 0 Å². The number of aromatic carboxylic acids is 1. The summed E-state index contributed by atoms with van der Waals surface area (Å²) in [7, 11) is 0. The number of hydrogen-bond acceptors (Lipinski definition) is 3. The summed E-state index contributed by atoms with van der Waals surface area (Å²) in [5.41, 5.74) is 2.76. The SMILES string of the molecule is Cc1ccc(NC(=O)Nc2cc(C(=O)O)ccc2C)cn1. The van der Waals surface area contributed by atoms with Crippen LogP contribution in [0.1, 0.15) is 21.6 Å². The smallest absolute Gasteiger partial charge is 0.335 e. The van der Waals surface area contributed by atoms with Crippen LogP contribution in [-0.4, -0.2) is 22.1 Å². The van der Waals surface area contributed by atoms with Gasteiger partial charge in [0, 0.05) is 11.4 Å². The topological polar surface area (TPSA) is 91.3 Å². The molecule has 0 saturated carbocycles. The summed E-state index contributed by atoms with van der Waals surface area (Å²) in [5.74, 6) is -1.04. The van der Waals surface area contributed by atoms with Gasteiger partial charge in [-0.2, -0.15) is 0 Å². The van der Waals surface area contributed by atoms with Gasteiger partial charge in [0.2, 0.25) is 0 Å². The zero-order valence-corrected chi connectivity index (χ0v) is 11.7. The van der Waals surface area contributed by atoms with Crippen LogP contribution in [0.25, 0.3) is 0 Å². The zero-order chi connectivity index (χ0) is 15.4. The summed E-state index contributed by atoms with van der Waals surface area (Å²) in [6.45, 7) is 3.64. The minimum Gasteiger partial charge on any atom is -0.478 e. The highest BCUT2D eigenvalue weighted by Crippen LogP contribution is 2.17. The van der Waals surface area contributed by atoms with E-state index in [1.165, 1.54) is 12.1 Å². The van der Waals surface area contributed by atoms with E-state index in [0.717, 1.165) is 11.3 Å². The van der Waals surface area contributed by atoms with Gasteiger partial charge in [0.05, 0.1) is 17.4 Å². The summed E-state index contributed by atoms with van der Waals surface area (Å²) in [6.07, 6.45) is 1.55. The quantitative estimate of drug-likeness (QED) is 0.808. The number of nitrogens with one attached hydrogen (secondary N) is 2. The molecule has 0 aliphatic heterocycles. The van der Waals surface area contributed by atoms with Crippen molar-refractivity contribution in [1.82, 2.24) is 4.98 Å². The summed E-state index contributed by atoms with van der Waals surface area (Å²) in [5, 5.41) is 14.2. The summed E-state index contributed by atoms with van der Waals surface area (Å²) < 4.78 is 0. The van der Waals surface area contributed by atoms with Crippen molar-refractivity contribution in [3.8, 4) is 0 Å². The Labute approximate surface area is 121 Å². The first kappa shape index (κ1) is 14.5. The van der Waals surface area contributed by atoms with E-state index in [2.05, 4.69) is 15.6 Å². The molecule has 21 heavy (non-hydrogen) atoms. The summed E-state index contributed by atoms with van der Waals surface area (Å²) in [6, 6.07) is 7.63. The van der Waals surface area contributed by atoms with E-state index >= 15 is 0 Å². The maximum absolute atomic E-state index is 11.9. The number of carboxylic acids is 1. The minimum absolute atomic E-state index is 0.118. The molecule has 2 amide bonds. The molecule has 0 spiro atoms. The molecular formula is C15H15N3O3. The lowest BCUT2D eigenvalue weighted by Gasteiger charge is -2.10. The van der Waals surface area contributed by atoms with E-state index in [4.69, 9.17) is 5.11 Å². The number of carboxylic acid groups (broad SMARTS) is 1. The molecule has 1 heterocycles. The number of rotatable bonds is 3. The fourth-order valence-electron chi connectivity index (χ4n) is 1.72. The van der Waals surface area contributed by atoms with Crippen LogP contribution >= 0.6 is 0 Å². The number of pyridine rings is 1. The zero-order valence-electron chi connectivity index (χ0n) is 11.7. The minimum atomic E-state index is -1.04. The number of urea groups is 1. The van der Waals surface area contributed by atoms with Crippen LogP contribution in [0.15, 0.2) is 36.5 Å². The van der Waals surface area contributed by atoms with E-state index in [-0.39, 0.29) is 5.56 Å². The van der Waals surface area contributed by atoms with Gasteiger partial charge in [-0.3, -0.25) is 4.98 Å². The van der Waals surface area contributed by atoms with Crippen molar-refractivity contribution < 1.29 is 14.7 Å². The number of carbonyl (C=O) groups is 2. The Balaban J connectivity index is 2.10. The molecule has 1 aromatic carbocycles. The lowest BCUT2D eigenvalue weighted by Crippen LogP contribution is -2.20. The molecule has 0 radical (unpaired) electrons. The molecule has 6 nitrogen and oxygen atoms in total. The molecular weight excluding hydrogens is 270 g/mol. The second kappa shape index (κ2) is 6.04. The Morgan fingerprint density at radius 1 is 1.10 bits per heavy atom. The number of aryl methyl sites for hydroxylation is 2. The van der Waals surface area contributed by atoms with E-state index in [0.29, 0.717) is 11.4 Å². The van der Waals surface area contributed by atoms with Gasteiger partial charge >= 0.3 is 12.0 Å². The molecule has 6 heteroatoms. The Morgan fingerprint density at radius 2 is 1.86 bits per heavy atom. The Morgan fingerprint density at radius 3 is 2.48 bits per heavy atom. The molecule has 108 valence electrons. The van der Waals surface area contributed by atoms with Crippen LogP contribution < -0.4 is 10.6 Å². The Kier molecular flexibility index (Phi) is 4.18. The third-order valence-electron chi connectivity index (χ3n) is 2.90. The van der Waals surface area contributed by atoms with Crippen molar-refractivity contribution in [3.63, 3.8) is 0 Å². The predicted octanol–water partition coefficient (Wildman–Crippen LogP) is 3.04. The van der Waals surface area contributed by atoms with Crippen LogP contribution in [0.5, 0.6) is 0 Å². The van der Waals surface area contributed by atoms with Crippen molar-refractivity contribution in [3.05, 3.63) is 53.3 Å². The molecule has 0 aliphatic carbocycles. The normalized spacial score (nSPS) is 10.0. The molecule has 0 saturated heterocycles. The van der Waals surface area contributed by atoms with Gasteiger partial charge in [0.25, 0.3) is 0 Å². The number of nitrogens with zero attached hydrogens (tertiary/aromatic N) is 1. The van der Waals surface area contributed by atoms with Crippen molar-refractivity contribution >= 4 is 23.4 Å². The number of aromatic nitrogens is 1. The van der Waals surface area contributed by atoms with Crippen LogP contribution in [0, 0.1) is 13.8 Å². The number of benzene rings is 1. The Bertz CT molecular complexity index is 681. The fraction of sp³-hybridized carbons (Fsp3) is 0.133. The van der Waals surface area contributed by atoms with E-state index in [1.54, 1.807) is 31.3 Å². The van der Waals surface area contributed by atoms with E-state index in [1.807, 2.05) is 6.92 Å². The van der Waals surface area contributed by atoms with E-state index < -0.39 is 12.0 Å². The van der Waals surface area contributed by atoms with E-state index in [9.17, 15) is 9.59 Å². The van der Waals surface area contributed by atoms with Crippen LogP contribution in [0.4, 0.5) is 16.2 Å². The van der Waals surface area contributed by atoms with Gasteiger partial charge in [-0.15, -0.1) is 0 Å². The van der Waals surface area contributed by atoms with Gasteiger partial charge in [0.15, 0.2) is 0 Å². The number of carbonyl (C=O) groups excluding carboxylic acids is 1. The first-order valence-corrected chi connectivity index (χ1v) is 6.30. The van der Waals surface area contributed by atoms with Gasteiger partial charge in [-0.05, 0) is 43.7 Å². The highest BCUT2D eigenvalue weighted by molar-refractivity contribution is 6.01. The van der Waals surface area contributed by atoms with Gasteiger partial charge in [-0.25, -0.2) is 9.59 Å². The highest BCUT2D eigenvalue weighted by Gasteiger charge is 2.09. The average molecular weight is 285 g/mol. The van der Waals surface area contributed by atoms with Crippen molar-refractivity contribution in [1.29, 1.82) is 0 Å². The molecule has 2 aromatic rings. The number of anilines is 2. The predicted molar refractivity (Wildman–Crippen MR) is 79.8 cm³/mol. The first-order valence-electron chi connectivity index (χ1n) is 6.30. The average Bonchev–Trinajstić information content (AvgIpc) is 2.43. The van der Waals surface area contributed by atoms with Gasteiger partial charge in [0.1, 0.15) is 0 Å². The van der Waals surface area contributed by atoms with Crippen LogP contribution in [0.3, 0.4) is 0 Å². The lowest BCUT2D eigenvalue weighted by molar-refractivity contribution is 0.0697. The molecule has 0 atom stereocenters. The maximum Gasteiger partial charge on any atom is 0.335 e. The molecule has 0 aliphatic rings. The molecule has 0 bridgehead atoms. The number of hydrogen-bond donors (Lipinski definition) is 3. The highest BCUT2D eigenvalue weighted by atomic mass is 16.4.